The lowest BCUT2D eigenvalue weighted by Gasteiger charge is -2.19. The zero-order chi connectivity index (χ0) is 14.7. The summed E-state index contributed by atoms with van der Waals surface area (Å²) in [6, 6.07) is 10.6. The second kappa shape index (κ2) is 6.11. The topological polar surface area (TPSA) is 62.5 Å². The summed E-state index contributed by atoms with van der Waals surface area (Å²) in [6.07, 6.45) is 0. The average Bonchev–Trinajstić information content (AvgIpc) is 2.88. The highest BCUT2D eigenvalue weighted by Gasteiger charge is 2.17. The molecule has 0 aliphatic heterocycles. The quantitative estimate of drug-likeness (QED) is 0.873. The van der Waals surface area contributed by atoms with E-state index in [-0.39, 0.29) is 17.8 Å². The lowest BCUT2D eigenvalue weighted by molar-refractivity contribution is 0.0659. The summed E-state index contributed by atoms with van der Waals surface area (Å²) >= 11 is 6.15. The minimum atomic E-state index is -1.07. The predicted octanol–water partition coefficient (Wildman–Crippen LogP) is 4.04. The summed E-state index contributed by atoms with van der Waals surface area (Å²) in [5, 5.41) is 12.9. The predicted molar refractivity (Wildman–Crippen MR) is 77.1 cm³/mol. The van der Waals surface area contributed by atoms with E-state index in [1.54, 1.807) is 6.07 Å². The molecule has 106 valence electrons. The maximum Gasteiger partial charge on any atom is 0.371 e. The zero-order valence-electron chi connectivity index (χ0n) is 11.3. The van der Waals surface area contributed by atoms with Gasteiger partial charge in [0.1, 0.15) is 5.76 Å². The number of carboxylic acid groups (broad SMARTS) is 1. The molecule has 0 amide bonds. The van der Waals surface area contributed by atoms with Crippen molar-refractivity contribution in [3.8, 4) is 0 Å². The molecular formula is C15H16ClNO3. The van der Waals surface area contributed by atoms with Gasteiger partial charge < -0.3 is 14.8 Å². The molecule has 2 aromatic rings. The summed E-state index contributed by atoms with van der Waals surface area (Å²) < 4.78 is 5.28. The summed E-state index contributed by atoms with van der Waals surface area (Å²) in [5.41, 5.74) is 0.992. The minimum absolute atomic E-state index is 0.0251. The van der Waals surface area contributed by atoms with Gasteiger partial charge in [0, 0.05) is 11.1 Å². The second-order valence-electron chi connectivity index (χ2n) is 4.64. The Morgan fingerprint density at radius 1 is 1.20 bits per heavy atom. The third kappa shape index (κ3) is 3.21. The van der Waals surface area contributed by atoms with Crippen LogP contribution >= 0.6 is 11.6 Å². The van der Waals surface area contributed by atoms with Crippen LogP contribution in [0.15, 0.2) is 40.8 Å². The Morgan fingerprint density at radius 2 is 1.90 bits per heavy atom. The molecule has 4 nitrogen and oxygen atoms in total. The highest BCUT2D eigenvalue weighted by molar-refractivity contribution is 6.31. The van der Waals surface area contributed by atoms with E-state index < -0.39 is 5.97 Å². The Labute approximate surface area is 122 Å². The first-order valence-electron chi connectivity index (χ1n) is 6.32. The standard InChI is InChI=1S/C15H16ClNO3/c1-9(11-5-3-4-6-12(11)16)17-10(2)13-7-8-14(20-13)15(18)19/h3-10,17H,1-2H3,(H,18,19)/t9-,10?/m0/s1. The Balaban J connectivity index is 2.09. The number of hydrogen-bond acceptors (Lipinski definition) is 3. The van der Waals surface area contributed by atoms with Gasteiger partial charge in [-0.3, -0.25) is 0 Å². The molecule has 0 saturated heterocycles. The van der Waals surface area contributed by atoms with Crippen molar-refractivity contribution in [1.29, 1.82) is 0 Å². The fraction of sp³-hybridized carbons (Fsp3) is 0.267. The van der Waals surface area contributed by atoms with Crippen LogP contribution in [-0.2, 0) is 0 Å². The third-order valence-corrected chi connectivity index (χ3v) is 3.48. The van der Waals surface area contributed by atoms with Crippen molar-refractivity contribution in [2.75, 3.05) is 0 Å². The molecule has 0 radical (unpaired) electrons. The first-order chi connectivity index (χ1) is 9.49. The monoisotopic (exact) mass is 293 g/mol. The number of benzene rings is 1. The van der Waals surface area contributed by atoms with E-state index in [9.17, 15) is 4.79 Å². The van der Waals surface area contributed by atoms with E-state index in [1.165, 1.54) is 6.07 Å². The van der Waals surface area contributed by atoms with E-state index in [2.05, 4.69) is 5.32 Å². The number of aromatic carboxylic acids is 1. The fourth-order valence-electron chi connectivity index (χ4n) is 2.07. The maximum atomic E-state index is 10.8. The Hall–Kier alpha value is -1.78. The lowest BCUT2D eigenvalue weighted by Crippen LogP contribution is -2.22. The largest absolute Gasteiger partial charge is 0.475 e. The molecular weight excluding hydrogens is 278 g/mol. The van der Waals surface area contributed by atoms with Crippen molar-refractivity contribution in [3.05, 3.63) is 58.5 Å². The van der Waals surface area contributed by atoms with E-state index in [0.29, 0.717) is 10.8 Å². The molecule has 0 aliphatic carbocycles. The molecule has 20 heavy (non-hydrogen) atoms. The Morgan fingerprint density at radius 3 is 2.50 bits per heavy atom. The number of halogens is 1. The second-order valence-corrected chi connectivity index (χ2v) is 5.05. The number of hydrogen-bond donors (Lipinski definition) is 2. The van der Waals surface area contributed by atoms with Crippen molar-refractivity contribution in [3.63, 3.8) is 0 Å². The Kier molecular flexibility index (Phi) is 4.47. The van der Waals surface area contributed by atoms with Gasteiger partial charge in [0.2, 0.25) is 5.76 Å². The number of furan rings is 1. The molecule has 1 aromatic heterocycles. The minimum Gasteiger partial charge on any atom is -0.475 e. The Bertz CT molecular complexity index is 609. The van der Waals surface area contributed by atoms with Crippen LogP contribution in [0.5, 0.6) is 0 Å². The molecule has 1 unspecified atom stereocenters. The molecule has 0 spiro atoms. The molecule has 0 fully saturated rings. The van der Waals surface area contributed by atoms with Gasteiger partial charge in [-0.2, -0.15) is 0 Å². The van der Waals surface area contributed by atoms with Gasteiger partial charge in [-0.1, -0.05) is 29.8 Å². The number of rotatable bonds is 5. The summed E-state index contributed by atoms with van der Waals surface area (Å²) in [4.78, 5) is 10.8. The van der Waals surface area contributed by atoms with E-state index in [4.69, 9.17) is 21.1 Å². The molecule has 5 heteroatoms. The maximum absolute atomic E-state index is 10.8. The number of carbonyl (C=O) groups is 1. The highest BCUT2D eigenvalue weighted by Crippen LogP contribution is 2.25. The van der Waals surface area contributed by atoms with Crippen LogP contribution in [0, 0.1) is 0 Å². The van der Waals surface area contributed by atoms with Crippen molar-refractivity contribution >= 4 is 17.6 Å². The first-order valence-corrected chi connectivity index (χ1v) is 6.70. The fourth-order valence-corrected chi connectivity index (χ4v) is 2.37. The molecule has 2 rings (SSSR count). The van der Waals surface area contributed by atoms with E-state index in [1.807, 2.05) is 38.1 Å². The number of carboxylic acids is 1. The molecule has 0 bridgehead atoms. The van der Waals surface area contributed by atoms with Crippen LogP contribution < -0.4 is 5.32 Å². The van der Waals surface area contributed by atoms with Gasteiger partial charge in [-0.25, -0.2) is 4.79 Å². The normalized spacial score (nSPS) is 13.9. The van der Waals surface area contributed by atoms with Crippen molar-refractivity contribution in [1.82, 2.24) is 5.32 Å². The van der Waals surface area contributed by atoms with Crippen LogP contribution in [0.25, 0.3) is 0 Å². The van der Waals surface area contributed by atoms with Gasteiger partial charge >= 0.3 is 5.97 Å². The molecule has 1 aromatic carbocycles. The van der Waals surface area contributed by atoms with Gasteiger partial charge in [-0.05, 0) is 37.6 Å². The molecule has 1 heterocycles. The van der Waals surface area contributed by atoms with Crippen LogP contribution in [0.2, 0.25) is 5.02 Å². The van der Waals surface area contributed by atoms with Crippen molar-refractivity contribution in [2.45, 2.75) is 25.9 Å². The van der Waals surface area contributed by atoms with Crippen LogP contribution in [0.1, 0.15) is 47.8 Å². The molecule has 2 atom stereocenters. The van der Waals surface area contributed by atoms with Gasteiger partial charge in [0.05, 0.1) is 6.04 Å². The van der Waals surface area contributed by atoms with Gasteiger partial charge in [0.15, 0.2) is 0 Å². The summed E-state index contributed by atoms with van der Waals surface area (Å²) in [5.74, 6) is -0.539. The zero-order valence-corrected chi connectivity index (χ0v) is 12.0. The summed E-state index contributed by atoms with van der Waals surface area (Å²) in [7, 11) is 0. The smallest absolute Gasteiger partial charge is 0.371 e. The van der Waals surface area contributed by atoms with Crippen LogP contribution in [0.3, 0.4) is 0 Å². The molecule has 0 aliphatic rings. The van der Waals surface area contributed by atoms with Crippen LogP contribution in [-0.4, -0.2) is 11.1 Å². The van der Waals surface area contributed by atoms with Gasteiger partial charge in [0.25, 0.3) is 0 Å². The van der Waals surface area contributed by atoms with Crippen LogP contribution in [0.4, 0.5) is 0 Å². The van der Waals surface area contributed by atoms with Crippen molar-refractivity contribution < 1.29 is 14.3 Å². The van der Waals surface area contributed by atoms with E-state index >= 15 is 0 Å². The van der Waals surface area contributed by atoms with Gasteiger partial charge in [-0.15, -0.1) is 0 Å². The lowest BCUT2D eigenvalue weighted by atomic mass is 10.1. The summed E-state index contributed by atoms with van der Waals surface area (Å²) in [6.45, 7) is 3.91. The average molecular weight is 294 g/mol. The first kappa shape index (κ1) is 14.6. The molecule has 2 N–H and O–H groups in total. The third-order valence-electron chi connectivity index (χ3n) is 3.14. The van der Waals surface area contributed by atoms with Crippen molar-refractivity contribution in [2.24, 2.45) is 0 Å². The molecule has 0 saturated carbocycles. The number of nitrogens with one attached hydrogen (secondary N) is 1. The van der Waals surface area contributed by atoms with E-state index in [0.717, 1.165) is 5.56 Å². The highest BCUT2D eigenvalue weighted by atomic mass is 35.5. The SMILES string of the molecule is CC(N[C@@H](C)c1ccccc1Cl)c1ccc(C(=O)O)o1.